The Morgan fingerprint density at radius 3 is 2.93 bits per heavy atom. The fourth-order valence-electron chi connectivity index (χ4n) is 2.62. The first kappa shape index (κ1) is 10.6. The third-order valence-corrected chi connectivity index (χ3v) is 3.42. The Morgan fingerprint density at radius 2 is 2.27 bits per heavy atom. The number of halogens is 1. The van der Waals surface area contributed by atoms with E-state index < -0.39 is 0 Å². The van der Waals surface area contributed by atoms with Crippen LogP contribution in [0.2, 0.25) is 0 Å². The molecule has 0 spiro atoms. The molecule has 1 aliphatic heterocycles. The number of hydrogen-bond acceptors (Lipinski definition) is 1. The van der Waals surface area contributed by atoms with E-state index in [0.29, 0.717) is 12.0 Å². The minimum Gasteiger partial charge on any atom is -0.313 e. The van der Waals surface area contributed by atoms with Crippen LogP contribution in [0, 0.1) is 12.7 Å². The van der Waals surface area contributed by atoms with Gasteiger partial charge < -0.3 is 5.32 Å². The van der Waals surface area contributed by atoms with E-state index in [1.807, 2.05) is 13.0 Å². The van der Waals surface area contributed by atoms with Crippen molar-refractivity contribution < 1.29 is 4.39 Å². The molecule has 0 bridgehead atoms. The van der Waals surface area contributed by atoms with Gasteiger partial charge >= 0.3 is 0 Å². The molecule has 2 rings (SSSR count). The zero-order valence-electron chi connectivity index (χ0n) is 9.39. The Kier molecular flexibility index (Phi) is 3.06. The summed E-state index contributed by atoms with van der Waals surface area (Å²) in [7, 11) is 0. The first-order valence-corrected chi connectivity index (χ1v) is 5.71. The highest BCUT2D eigenvalue weighted by molar-refractivity contribution is 5.31. The van der Waals surface area contributed by atoms with Crippen LogP contribution in [0.15, 0.2) is 18.2 Å². The van der Waals surface area contributed by atoms with Crippen molar-refractivity contribution in [2.24, 2.45) is 0 Å². The average Bonchev–Trinajstić information content (AvgIpc) is 2.65. The van der Waals surface area contributed by atoms with Crippen LogP contribution in [0.5, 0.6) is 0 Å². The Bertz CT molecular complexity index is 348. The van der Waals surface area contributed by atoms with E-state index in [9.17, 15) is 4.39 Å². The molecule has 2 atom stereocenters. The number of rotatable bonds is 2. The van der Waals surface area contributed by atoms with Crippen LogP contribution >= 0.6 is 0 Å². The maximum absolute atomic E-state index is 13.0. The predicted octanol–water partition coefficient (Wildman–Crippen LogP) is 2.99. The standard InChI is InChI=1S/C13H18FN/c1-3-13-12(6-7-15-13)11-5-4-10(14)8-9(11)2/h4-5,8,12-13,15H,3,6-7H2,1-2H3. The normalized spacial score (nSPS) is 25.8. The van der Waals surface area contributed by atoms with Gasteiger partial charge in [0.15, 0.2) is 0 Å². The van der Waals surface area contributed by atoms with Gasteiger partial charge in [-0.1, -0.05) is 13.0 Å². The van der Waals surface area contributed by atoms with E-state index >= 15 is 0 Å². The van der Waals surface area contributed by atoms with Crippen LogP contribution in [0.4, 0.5) is 4.39 Å². The molecular weight excluding hydrogens is 189 g/mol. The molecule has 1 nitrogen and oxygen atoms in total. The van der Waals surface area contributed by atoms with Crippen molar-refractivity contribution in [2.45, 2.75) is 38.6 Å². The lowest BCUT2D eigenvalue weighted by molar-refractivity contribution is 0.528. The third-order valence-electron chi connectivity index (χ3n) is 3.42. The van der Waals surface area contributed by atoms with Gasteiger partial charge in [0.1, 0.15) is 5.82 Å². The Balaban J connectivity index is 2.28. The van der Waals surface area contributed by atoms with E-state index in [1.54, 1.807) is 12.1 Å². The van der Waals surface area contributed by atoms with Crippen molar-refractivity contribution >= 4 is 0 Å². The summed E-state index contributed by atoms with van der Waals surface area (Å²) in [5, 5.41) is 3.50. The second kappa shape index (κ2) is 4.31. The second-order valence-electron chi connectivity index (χ2n) is 4.36. The van der Waals surface area contributed by atoms with E-state index in [4.69, 9.17) is 0 Å². The fraction of sp³-hybridized carbons (Fsp3) is 0.538. The molecule has 1 aromatic carbocycles. The van der Waals surface area contributed by atoms with Gasteiger partial charge in [0.25, 0.3) is 0 Å². The van der Waals surface area contributed by atoms with Crippen LogP contribution < -0.4 is 5.32 Å². The van der Waals surface area contributed by atoms with Crippen molar-refractivity contribution in [1.29, 1.82) is 0 Å². The van der Waals surface area contributed by atoms with Crippen LogP contribution in [-0.2, 0) is 0 Å². The maximum atomic E-state index is 13.0. The van der Waals surface area contributed by atoms with Crippen molar-refractivity contribution in [3.05, 3.63) is 35.1 Å². The lowest BCUT2D eigenvalue weighted by atomic mass is 9.88. The summed E-state index contributed by atoms with van der Waals surface area (Å²) in [5.74, 6) is 0.436. The smallest absolute Gasteiger partial charge is 0.123 e. The van der Waals surface area contributed by atoms with E-state index in [1.165, 1.54) is 12.0 Å². The lowest BCUT2D eigenvalue weighted by Crippen LogP contribution is -2.25. The van der Waals surface area contributed by atoms with Crippen LogP contribution in [0.1, 0.15) is 36.8 Å². The van der Waals surface area contributed by atoms with Gasteiger partial charge in [0.2, 0.25) is 0 Å². The fourth-order valence-corrected chi connectivity index (χ4v) is 2.62. The monoisotopic (exact) mass is 207 g/mol. The zero-order valence-corrected chi connectivity index (χ0v) is 9.39. The molecule has 1 aromatic rings. The molecule has 15 heavy (non-hydrogen) atoms. The SMILES string of the molecule is CCC1NCCC1c1ccc(F)cc1C. The molecule has 2 unspecified atom stereocenters. The van der Waals surface area contributed by atoms with Gasteiger partial charge in [-0.3, -0.25) is 0 Å². The first-order chi connectivity index (χ1) is 7.22. The molecule has 2 heteroatoms. The molecule has 1 N–H and O–H groups in total. The zero-order chi connectivity index (χ0) is 10.8. The minimum atomic E-state index is -0.129. The molecule has 0 amide bonds. The van der Waals surface area contributed by atoms with E-state index in [0.717, 1.165) is 18.5 Å². The van der Waals surface area contributed by atoms with Gasteiger partial charge in [-0.2, -0.15) is 0 Å². The second-order valence-corrected chi connectivity index (χ2v) is 4.36. The van der Waals surface area contributed by atoms with Gasteiger partial charge in [-0.25, -0.2) is 4.39 Å². The first-order valence-electron chi connectivity index (χ1n) is 5.71. The van der Waals surface area contributed by atoms with E-state index in [2.05, 4.69) is 12.2 Å². The predicted molar refractivity (Wildman–Crippen MR) is 60.6 cm³/mol. The van der Waals surface area contributed by atoms with Crippen LogP contribution in [0.25, 0.3) is 0 Å². The highest BCUT2D eigenvalue weighted by Gasteiger charge is 2.27. The molecule has 1 saturated heterocycles. The van der Waals surface area contributed by atoms with Crippen LogP contribution in [-0.4, -0.2) is 12.6 Å². The number of nitrogens with one attached hydrogen (secondary N) is 1. The average molecular weight is 207 g/mol. The molecule has 0 saturated carbocycles. The molecule has 1 heterocycles. The highest BCUT2D eigenvalue weighted by atomic mass is 19.1. The summed E-state index contributed by atoms with van der Waals surface area (Å²) < 4.78 is 13.0. The quantitative estimate of drug-likeness (QED) is 0.786. The number of aryl methyl sites for hydroxylation is 1. The van der Waals surface area contributed by atoms with Gasteiger partial charge in [0, 0.05) is 12.0 Å². The van der Waals surface area contributed by atoms with Crippen molar-refractivity contribution in [1.82, 2.24) is 5.32 Å². The molecule has 0 aliphatic carbocycles. The summed E-state index contributed by atoms with van der Waals surface area (Å²) >= 11 is 0. The number of hydrogen-bond donors (Lipinski definition) is 1. The summed E-state index contributed by atoms with van der Waals surface area (Å²) in [6, 6.07) is 5.73. The molecular formula is C13H18FN. The van der Waals surface area contributed by atoms with Crippen molar-refractivity contribution in [3.63, 3.8) is 0 Å². The Labute approximate surface area is 90.7 Å². The summed E-state index contributed by atoms with van der Waals surface area (Å²) in [5.41, 5.74) is 2.40. The largest absolute Gasteiger partial charge is 0.313 e. The third kappa shape index (κ3) is 2.05. The topological polar surface area (TPSA) is 12.0 Å². The molecule has 0 radical (unpaired) electrons. The Hall–Kier alpha value is -0.890. The van der Waals surface area contributed by atoms with Crippen molar-refractivity contribution in [3.8, 4) is 0 Å². The molecule has 1 aliphatic rings. The maximum Gasteiger partial charge on any atom is 0.123 e. The van der Waals surface area contributed by atoms with Gasteiger partial charge in [0.05, 0.1) is 0 Å². The highest BCUT2D eigenvalue weighted by Crippen LogP contribution is 2.31. The van der Waals surface area contributed by atoms with Gasteiger partial charge in [-0.15, -0.1) is 0 Å². The summed E-state index contributed by atoms with van der Waals surface area (Å²) in [6.45, 7) is 5.29. The number of benzene rings is 1. The van der Waals surface area contributed by atoms with Gasteiger partial charge in [-0.05, 0) is 49.6 Å². The summed E-state index contributed by atoms with van der Waals surface area (Å²) in [6.07, 6.45) is 2.31. The summed E-state index contributed by atoms with van der Waals surface area (Å²) in [4.78, 5) is 0. The Morgan fingerprint density at radius 1 is 1.47 bits per heavy atom. The van der Waals surface area contributed by atoms with Crippen molar-refractivity contribution in [2.75, 3.05) is 6.54 Å². The molecule has 0 aromatic heterocycles. The molecule has 82 valence electrons. The van der Waals surface area contributed by atoms with E-state index in [-0.39, 0.29) is 5.82 Å². The lowest BCUT2D eigenvalue weighted by Gasteiger charge is -2.20. The van der Waals surface area contributed by atoms with Crippen LogP contribution in [0.3, 0.4) is 0 Å². The minimum absolute atomic E-state index is 0.129. The molecule has 1 fully saturated rings.